The molecule has 1 amide bonds. The fraction of sp³-hybridized carbons (Fsp3) is 0.233. The Hall–Kier alpha value is -3.60. The van der Waals surface area contributed by atoms with E-state index in [1.165, 1.54) is 36.7 Å². The Labute approximate surface area is 227 Å². The molecule has 0 unspecified atom stereocenters. The number of allylic oxidation sites excluding steroid dienone is 4. The van der Waals surface area contributed by atoms with E-state index in [4.69, 9.17) is 17.0 Å². The third-order valence-electron chi connectivity index (χ3n) is 6.59. The van der Waals surface area contributed by atoms with Gasteiger partial charge < -0.3 is 9.64 Å². The average molecular weight is 526 g/mol. The summed E-state index contributed by atoms with van der Waals surface area (Å²) in [7, 11) is 0. The van der Waals surface area contributed by atoms with E-state index in [2.05, 4.69) is 23.1 Å². The first kappa shape index (κ1) is 25.1. The number of hydrogen-bond donors (Lipinski definition) is 0. The molecule has 5 rings (SSSR count). The molecule has 0 radical (unpaired) electrons. The zero-order valence-electron chi connectivity index (χ0n) is 20.6. The molecule has 0 aliphatic carbocycles. The predicted octanol–water partition coefficient (Wildman–Crippen LogP) is 6.67. The number of rotatable bonds is 5. The smallest absolute Gasteiger partial charge is 0.266 e. The fourth-order valence-electron chi connectivity index (χ4n) is 4.62. The molecule has 186 valence electrons. The summed E-state index contributed by atoms with van der Waals surface area (Å²) in [6, 6.07) is 20.3. The van der Waals surface area contributed by atoms with Crippen LogP contribution in [-0.4, -0.2) is 34.8 Å². The van der Waals surface area contributed by atoms with Crippen molar-refractivity contribution >= 4 is 51.7 Å². The lowest BCUT2D eigenvalue weighted by molar-refractivity contribution is -0.122. The molecular weight excluding hydrogens is 498 g/mol. The van der Waals surface area contributed by atoms with Crippen LogP contribution in [0, 0.1) is 11.3 Å². The number of ether oxygens (including phenoxy) is 1. The molecule has 0 bridgehead atoms. The summed E-state index contributed by atoms with van der Waals surface area (Å²) in [5.41, 5.74) is 4.06. The number of thioether (sulfide) groups is 1. The number of likely N-dealkylation sites (N-methyl/N-ethyl adjacent to an activating group) is 1. The third-order valence-corrected chi connectivity index (χ3v) is 8.07. The van der Waals surface area contributed by atoms with Gasteiger partial charge in [0.05, 0.1) is 10.5 Å². The minimum absolute atomic E-state index is 0.121. The minimum Gasteiger partial charge on any atom is -0.455 e. The molecule has 0 spiro atoms. The number of piperidine rings is 1. The maximum Gasteiger partial charge on any atom is 0.266 e. The third kappa shape index (κ3) is 5.41. The van der Waals surface area contributed by atoms with E-state index < -0.39 is 0 Å². The van der Waals surface area contributed by atoms with Crippen molar-refractivity contribution < 1.29 is 9.53 Å². The van der Waals surface area contributed by atoms with Gasteiger partial charge in [0, 0.05) is 36.5 Å². The number of thiocarbonyl (C=S) groups is 1. The highest BCUT2D eigenvalue weighted by atomic mass is 32.2. The van der Waals surface area contributed by atoms with Crippen LogP contribution in [0.2, 0.25) is 0 Å². The van der Waals surface area contributed by atoms with Gasteiger partial charge in [-0.2, -0.15) is 5.26 Å². The molecule has 2 fully saturated rings. The number of benzene rings is 2. The maximum absolute atomic E-state index is 13.1. The van der Waals surface area contributed by atoms with E-state index in [1.54, 1.807) is 11.0 Å². The zero-order chi connectivity index (χ0) is 25.8. The molecule has 0 aromatic heterocycles. The summed E-state index contributed by atoms with van der Waals surface area (Å²) in [6.45, 7) is 4.59. The van der Waals surface area contributed by atoms with Gasteiger partial charge in [0.15, 0.2) is 0 Å². The summed E-state index contributed by atoms with van der Waals surface area (Å²) < 4.78 is 6.78. The highest BCUT2D eigenvalue weighted by molar-refractivity contribution is 8.26. The monoisotopic (exact) mass is 525 g/mol. The van der Waals surface area contributed by atoms with Gasteiger partial charge in [-0.1, -0.05) is 66.4 Å². The van der Waals surface area contributed by atoms with Crippen molar-refractivity contribution in [1.29, 1.82) is 5.26 Å². The zero-order valence-corrected chi connectivity index (χ0v) is 22.3. The second-order valence-electron chi connectivity index (χ2n) is 9.00. The van der Waals surface area contributed by atoms with Crippen LogP contribution in [0.3, 0.4) is 0 Å². The van der Waals surface area contributed by atoms with E-state index >= 15 is 0 Å². The van der Waals surface area contributed by atoms with Gasteiger partial charge >= 0.3 is 0 Å². The standard InChI is InChI=1S/C30H27N3O2S2/c1-2-33-29(34)28(37-30(33)36)23-18-26(22-9-5-3-6-10-22)35-27(19-23)24(20-31)17-21-11-13-25(14-12-21)32-15-7-4-8-16-32/h3,5-6,9-14,17-19H,2,4,7-8,15-16H2,1H3/b24-17+,28-23-. The Morgan fingerprint density at radius 2 is 1.81 bits per heavy atom. The number of nitrogens with zero attached hydrogens (tertiary/aromatic N) is 3. The lowest BCUT2D eigenvalue weighted by atomic mass is 10.0. The largest absolute Gasteiger partial charge is 0.455 e. The number of hydrogen-bond acceptors (Lipinski definition) is 6. The first-order valence-corrected chi connectivity index (χ1v) is 13.7. The molecule has 2 aromatic carbocycles. The molecule has 3 aliphatic rings. The van der Waals surface area contributed by atoms with Crippen molar-refractivity contribution in [3.63, 3.8) is 0 Å². The van der Waals surface area contributed by atoms with Crippen molar-refractivity contribution in [1.82, 2.24) is 4.90 Å². The van der Waals surface area contributed by atoms with Gasteiger partial charge in [0.25, 0.3) is 5.91 Å². The molecule has 0 N–H and O–H groups in total. The second kappa shape index (κ2) is 11.2. The first-order chi connectivity index (χ1) is 18.1. The van der Waals surface area contributed by atoms with E-state index in [-0.39, 0.29) is 5.91 Å². The second-order valence-corrected chi connectivity index (χ2v) is 10.6. The molecule has 2 saturated heterocycles. The van der Waals surface area contributed by atoms with Gasteiger partial charge in [0.1, 0.15) is 21.9 Å². The summed E-state index contributed by atoms with van der Waals surface area (Å²) in [5, 5.41) is 10.1. The van der Waals surface area contributed by atoms with Crippen LogP contribution < -0.4 is 4.90 Å². The molecule has 5 nitrogen and oxygen atoms in total. The van der Waals surface area contributed by atoms with Crippen LogP contribution in [0.25, 0.3) is 11.8 Å². The Bertz CT molecular complexity index is 1380. The lowest BCUT2D eigenvalue weighted by Crippen LogP contribution is -2.29. The van der Waals surface area contributed by atoms with Gasteiger partial charge in [-0.3, -0.25) is 9.69 Å². The van der Waals surface area contributed by atoms with Gasteiger partial charge in [-0.05, 0) is 62.1 Å². The summed E-state index contributed by atoms with van der Waals surface area (Å²) in [5.74, 6) is 0.863. The Morgan fingerprint density at radius 1 is 1.08 bits per heavy atom. The van der Waals surface area contributed by atoms with Gasteiger partial charge in [-0.25, -0.2) is 0 Å². The number of carbonyl (C=O) groups is 1. The Kier molecular flexibility index (Phi) is 7.59. The van der Waals surface area contributed by atoms with E-state index in [9.17, 15) is 10.1 Å². The maximum atomic E-state index is 13.1. The van der Waals surface area contributed by atoms with Crippen molar-refractivity contribution in [3.05, 3.63) is 99.7 Å². The average Bonchev–Trinajstić information content (AvgIpc) is 3.25. The van der Waals surface area contributed by atoms with Crippen LogP contribution >= 0.6 is 24.0 Å². The van der Waals surface area contributed by atoms with Crippen LogP contribution in [0.4, 0.5) is 5.69 Å². The van der Waals surface area contributed by atoms with Crippen LogP contribution in [-0.2, 0) is 9.53 Å². The van der Waals surface area contributed by atoms with Gasteiger partial charge in [-0.15, -0.1) is 0 Å². The number of anilines is 1. The van der Waals surface area contributed by atoms with Gasteiger partial charge in [0.2, 0.25) is 0 Å². The van der Waals surface area contributed by atoms with Crippen LogP contribution in [0.15, 0.2) is 88.6 Å². The van der Waals surface area contributed by atoms with Crippen molar-refractivity contribution in [3.8, 4) is 6.07 Å². The fourth-order valence-corrected chi connectivity index (χ4v) is 6.01. The number of amides is 1. The summed E-state index contributed by atoms with van der Waals surface area (Å²) in [6.07, 6.45) is 9.19. The quantitative estimate of drug-likeness (QED) is 0.247. The highest BCUT2D eigenvalue weighted by Crippen LogP contribution is 2.39. The molecule has 0 atom stereocenters. The predicted molar refractivity (Wildman–Crippen MR) is 154 cm³/mol. The van der Waals surface area contributed by atoms with Crippen LogP contribution in [0.5, 0.6) is 0 Å². The molecule has 3 aliphatic heterocycles. The highest BCUT2D eigenvalue weighted by Gasteiger charge is 2.33. The minimum atomic E-state index is -0.121. The normalized spacial score (nSPS) is 20.4. The lowest BCUT2D eigenvalue weighted by Gasteiger charge is -2.28. The van der Waals surface area contributed by atoms with Crippen molar-refractivity contribution in [2.45, 2.75) is 26.2 Å². The number of carbonyl (C=O) groups excluding carboxylic acids is 1. The van der Waals surface area contributed by atoms with E-state index in [0.29, 0.717) is 38.4 Å². The molecule has 0 saturated carbocycles. The Morgan fingerprint density at radius 3 is 2.46 bits per heavy atom. The molecular formula is C30H27N3O2S2. The summed E-state index contributed by atoms with van der Waals surface area (Å²) >= 11 is 6.71. The topological polar surface area (TPSA) is 56.6 Å². The van der Waals surface area contributed by atoms with E-state index in [1.807, 2.05) is 61.5 Å². The number of nitriles is 1. The molecule has 3 heterocycles. The van der Waals surface area contributed by atoms with Crippen molar-refractivity contribution in [2.75, 3.05) is 24.5 Å². The molecule has 37 heavy (non-hydrogen) atoms. The first-order valence-electron chi connectivity index (χ1n) is 12.5. The summed E-state index contributed by atoms with van der Waals surface area (Å²) in [4.78, 5) is 17.6. The van der Waals surface area contributed by atoms with Crippen LogP contribution in [0.1, 0.15) is 37.3 Å². The molecule has 7 heteroatoms. The molecule has 2 aromatic rings. The van der Waals surface area contributed by atoms with Crippen molar-refractivity contribution in [2.24, 2.45) is 0 Å². The Balaban J connectivity index is 1.51. The SMILES string of the molecule is CCN1C(=O)/C(=C2C=C(/C(C#N)=C/c3ccc(N4CCCCC4)cc3)OC(c3ccccc3)=C/2)SC1=S. The van der Waals surface area contributed by atoms with E-state index in [0.717, 1.165) is 24.2 Å².